The lowest BCUT2D eigenvalue weighted by Crippen LogP contribution is -2.23. The number of hydrogen-bond donors (Lipinski definition) is 2. The van der Waals surface area contributed by atoms with Crippen molar-refractivity contribution in [2.24, 2.45) is 0 Å². The van der Waals surface area contributed by atoms with Crippen LogP contribution < -0.4 is 5.69 Å². The Hall–Kier alpha value is -1.56. The predicted molar refractivity (Wildman–Crippen MR) is 55.2 cm³/mol. The highest BCUT2D eigenvalue weighted by molar-refractivity contribution is 5.85. The second-order valence-electron chi connectivity index (χ2n) is 3.59. The largest absolute Gasteiger partial charge is 0.477 e. The van der Waals surface area contributed by atoms with Crippen LogP contribution in [0.25, 0.3) is 0 Å². The molecule has 6 nitrogen and oxygen atoms in total. The number of carboxylic acids is 1. The molecular formula is C9H15N3O3. The molecule has 0 aromatic carbocycles. The molecule has 0 aliphatic carbocycles. The van der Waals surface area contributed by atoms with Gasteiger partial charge in [-0.1, -0.05) is 0 Å². The average Bonchev–Trinajstić information content (AvgIpc) is 2.47. The van der Waals surface area contributed by atoms with Crippen LogP contribution in [0.3, 0.4) is 0 Å². The van der Waals surface area contributed by atoms with Crippen molar-refractivity contribution >= 4 is 5.97 Å². The van der Waals surface area contributed by atoms with Gasteiger partial charge in [0.25, 0.3) is 0 Å². The van der Waals surface area contributed by atoms with Crippen molar-refractivity contribution in [1.29, 1.82) is 0 Å². The molecule has 0 spiro atoms. The fourth-order valence-corrected chi connectivity index (χ4v) is 1.34. The number of aromatic nitrogens is 2. The summed E-state index contributed by atoms with van der Waals surface area (Å²) in [6.45, 7) is 1.23. The molecule has 0 amide bonds. The van der Waals surface area contributed by atoms with Gasteiger partial charge in [0.1, 0.15) is 5.69 Å². The molecule has 2 N–H and O–H groups in total. The molecule has 1 heterocycles. The van der Waals surface area contributed by atoms with Crippen LogP contribution in [0.15, 0.2) is 11.0 Å². The van der Waals surface area contributed by atoms with Gasteiger partial charge in [-0.05, 0) is 27.1 Å². The number of hydrogen-bond acceptors (Lipinski definition) is 3. The van der Waals surface area contributed by atoms with Crippen LogP contribution >= 0.6 is 0 Å². The Morgan fingerprint density at radius 3 is 2.80 bits per heavy atom. The lowest BCUT2D eigenvalue weighted by atomic mass is 10.4. The van der Waals surface area contributed by atoms with E-state index in [4.69, 9.17) is 5.11 Å². The smallest absolute Gasteiger partial charge is 0.354 e. The van der Waals surface area contributed by atoms with Crippen LogP contribution in [-0.4, -0.2) is 46.2 Å². The topological polar surface area (TPSA) is 78.3 Å². The van der Waals surface area contributed by atoms with Gasteiger partial charge in [0.05, 0.1) is 0 Å². The number of imidazole rings is 1. The van der Waals surface area contributed by atoms with E-state index in [9.17, 15) is 9.59 Å². The standard InChI is InChI=1S/C9H15N3O3/c1-11(2)4-3-5-12-7(8(13)14)6-10-9(12)15/h6H,3-5H2,1-2H3,(H,10,15)(H,13,14). The van der Waals surface area contributed by atoms with Crippen molar-refractivity contribution < 1.29 is 9.90 Å². The van der Waals surface area contributed by atoms with Gasteiger partial charge in [-0.25, -0.2) is 9.59 Å². The molecule has 0 aliphatic heterocycles. The third-order valence-corrected chi connectivity index (χ3v) is 2.07. The van der Waals surface area contributed by atoms with Gasteiger partial charge >= 0.3 is 11.7 Å². The van der Waals surface area contributed by atoms with E-state index < -0.39 is 5.97 Å². The van der Waals surface area contributed by atoms with Crippen LogP contribution in [0.1, 0.15) is 16.9 Å². The first-order valence-electron chi connectivity index (χ1n) is 4.68. The van der Waals surface area contributed by atoms with Crippen molar-refractivity contribution in [2.45, 2.75) is 13.0 Å². The molecule has 1 aromatic heterocycles. The molecule has 1 rings (SSSR count). The average molecular weight is 213 g/mol. The van der Waals surface area contributed by atoms with Gasteiger partial charge in [-0.2, -0.15) is 0 Å². The first-order chi connectivity index (χ1) is 7.02. The first-order valence-corrected chi connectivity index (χ1v) is 4.68. The lowest BCUT2D eigenvalue weighted by Gasteiger charge is -2.09. The zero-order valence-electron chi connectivity index (χ0n) is 8.86. The maximum Gasteiger partial charge on any atom is 0.354 e. The fraction of sp³-hybridized carbons (Fsp3) is 0.556. The van der Waals surface area contributed by atoms with E-state index in [-0.39, 0.29) is 11.4 Å². The van der Waals surface area contributed by atoms with Crippen LogP contribution in [0.5, 0.6) is 0 Å². The Balaban J connectivity index is 2.71. The lowest BCUT2D eigenvalue weighted by molar-refractivity contribution is 0.0684. The SMILES string of the molecule is CN(C)CCCn1c(C(=O)O)c[nH]c1=O. The van der Waals surface area contributed by atoms with Gasteiger partial charge in [-0.3, -0.25) is 4.57 Å². The van der Waals surface area contributed by atoms with Crippen LogP contribution in [0.2, 0.25) is 0 Å². The van der Waals surface area contributed by atoms with Crippen molar-refractivity contribution in [2.75, 3.05) is 20.6 Å². The summed E-state index contributed by atoms with van der Waals surface area (Å²) in [5.74, 6) is -1.08. The van der Waals surface area contributed by atoms with Crippen molar-refractivity contribution in [3.05, 3.63) is 22.4 Å². The minimum atomic E-state index is -1.08. The molecule has 6 heteroatoms. The highest BCUT2D eigenvalue weighted by Gasteiger charge is 2.12. The van der Waals surface area contributed by atoms with Crippen molar-refractivity contribution in [3.63, 3.8) is 0 Å². The number of nitrogens with zero attached hydrogens (tertiary/aromatic N) is 2. The van der Waals surface area contributed by atoms with Crippen molar-refractivity contribution in [1.82, 2.24) is 14.5 Å². The zero-order valence-corrected chi connectivity index (χ0v) is 8.86. The van der Waals surface area contributed by atoms with Crippen LogP contribution in [-0.2, 0) is 6.54 Å². The maximum absolute atomic E-state index is 11.3. The molecule has 1 aromatic rings. The van der Waals surface area contributed by atoms with E-state index in [0.717, 1.165) is 13.0 Å². The van der Waals surface area contributed by atoms with Crippen LogP contribution in [0, 0.1) is 0 Å². The van der Waals surface area contributed by atoms with Gasteiger partial charge in [-0.15, -0.1) is 0 Å². The molecular weight excluding hydrogens is 198 g/mol. The number of aromatic amines is 1. The summed E-state index contributed by atoms with van der Waals surface area (Å²) in [7, 11) is 3.86. The summed E-state index contributed by atoms with van der Waals surface area (Å²) in [6.07, 6.45) is 1.96. The van der Waals surface area contributed by atoms with Gasteiger partial charge in [0.15, 0.2) is 0 Å². The van der Waals surface area contributed by atoms with Gasteiger partial charge in [0, 0.05) is 12.7 Å². The van der Waals surface area contributed by atoms with Gasteiger partial charge in [0.2, 0.25) is 0 Å². The van der Waals surface area contributed by atoms with E-state index in [1.54, 1.807) is 0 Å². The Bertz CT molecular complexity index is 392. The molecule has 0 radical (unpaired) electrons. The monoisotopic (exact) mass is 213 g/mol. The Kier molecular flexibility index (Phi) is 3.68. The molecule has 0 atom stereocenters. The molecule has 0 fully saturated rings. The second kappa shape index (κ2) is 4.79. The number of aromatic carboxylic acids is 1. The van der Waals surface area contributed by atoms with E-state index in [2.05, 4.69) is 4.98 Å². The van der Waals surface area contributed by atoms with Gasteiger partial charge < -0.3 is 15.0 Å². The number of rotatable bonds is 5. The zero-order chi connectivity index (χ0) is 11.4. The van der Waals surface area contributed by atoms with E-state index in [0.29, 0.717) is 6.54 Å². The molecule has 0 saturated carbocycles. The molecule has 0 saturated heterocycles. The van der Waals surface area contributed by atoms with Crippen LogP contribution in [0.4, 0.5) is 0 Å². The number of carbonyl (C=O) groups is 1. The van der Waals surface area contributed by atoms with E-state index >= 15 is 0 Å². The summed E-state index contributed by atoms with van der Waals surface area (Å²) in [4.78, 5) is 26.3. The second-order valence-corrected chi connectivity index (χ2v) is 3.59. The molecule has 0 unspecified atom stereocenters. The van der Waals surface area contributed by atoms with E-state index in [1.807, 2.05) is 19.0 Å². The summed E-state index contributed by atoms with van der Waals surface area (Å²) in [6, 6.07) is 0. The fourth-order valence-electron chi connectivity index (χ4n) is 1.34. The third kappa shape index (κ3) is 2.95. The molecule has 15 heavy (non-hydrogen) atoms. The normalized spacial score (nSPS) is 10.9. The molecule has 0 aliphatic rings. The Labute approximate surface area is 87.1 Å². The number of nitrogens with one attached hydrogen (secondary N) is 1. The van der Waals surface area contributed by atoms with Crippen molar-refractivity contribution in [3.8, 4) is 0 Å². The predicted octanol–water partition coefficient (Wildman–Crippen LogP) is -0.174. The first kappa shape index (κ1) is 11.5. The minimum Gasteiger partial charge on any atom is -0.477 e. The quantitative estimate of drug-likeness (QED) is 0.711. The third-order valence-electron chi connectivity index (χ3n) is 2.07. The number of carboxylic acid groups (broad SMARTS) is 1. The number of H-pyrrole nitrogens is 1. The Morgan fingerprint density at radius 2 is 2.27 bits per heavy atom. The summed E-state index contributed by atoms with van der Waals surface area (Å²) in [5, 5.41) is 8.80. The molecule has 84 valence electrons. The summed E-state index contributed by atoms with van der Waals surface area (Å²) >= 11 is 0. The maximum atomic E-state index is 11.3. The van der Waals surface area contributed by atoms with E-state index in [1.165, 1.54) is 10.8 Å². The highest BCUT2D eigenvalue weighted by Crippen LogP contribution is 1.97. The molecule has 0 bridgehead atoms. The summed E-state index contributed by atoms with van der Waals surface area (Å²) in [5.41, 5.74) is -0.357. The summed E-state index contributed by atoms with van der Waals surface area (Å²) < 4.78 is 1.24. The highest BCUT2D eigenvalue weighted by atomic mass is 16.4. The Morgan fingerprint density at radius 1 is 1.60 bits per heavy atom. The minimum absolute atomic E-state index is 0.0127.